The number of hydrogen-bond donors (Lipinski definition) is 1. The summed E-state index contributed by atoms with van der Waals surface area (Å²) in [4.78, 5) is 0. The SMILES string of the molecule is Clc1cc(Cl)cc(NCc2ccc(OCc3ccccc3)c(Br)c2)c1. The summed E-state index contributed by atoms with van der Waals surface area (Å²) in [6.07, 6.45) is 0. The molecule has 5 heteroatoms. The number of anilines is 1. The number of halogens is 3. The normalized spacial score (nSPS) is 10.5. The Hall–Kier alpha value is -1.68. The van der Waals surface area contributed by atoms with Gasteiger partial charge < -0.3 is 10.1 Å². The topological polar surface area (TPSA) is 21.3 Å². The van der Waals surface area contributed by atoms with E-state index in [0.29, 0.717) is 23.2 Å². The second-order valence-electron chi connectivity index (χ2n) is 5.55. The molecule has 0 heterocycles. The molecule has 0 bridgehead atoms. The van der Waals surface area contributed by atoms with Gasteiger partial charge in [-0.25, -0.2) is 0 Å². The lowest BCUT2D eigenvalue weighted by molar-refractivity contribution is 0.304. The van der Waals surface area contributed by atoms with Gasteiger partial charge in [-0.05, 0) is 57.4 Å². The van der Waals surface area contributed by atoms with E-state index in [2.05, 4.69) is 21.2 Å². The van der Waals surface area contributed by atoms with Gasteiger partial charge in [0.15, 0.2) is 0 Å². The quantitative estimate of drug-likeness (QED) is 0.451. The monoisotopic (exact) mass is 435 g/mol. The molecule has 0 aromatic heterocycles. The Morgan fingerprint density at radius 1 is 0.840 bits per heavy atom. The Balaban J connectivity index is 1.61. The summed E-state index contributed by atoms with van der Waals surface area (Å²) in [7, 11) is 0. The second kappa shape index (κ2) is 8.61. The molecule has 3 aromatic carbocycles. The summed E-state index contributed by atoms with van der Waals surface area (Å²) in [5, 5.41) is 4.54. The van der Waals surface area contributed by atoms with Crippen LogP contribution >= 0.6 is 39.1 Å². The van der Waals surface area contributed by atoms with Crippen LogP contribution in [0, 0.1) is 0 Å². The summed E-state index contributed by atoms with van der Waals surface area (Å²) in [6.45, 7) is 1.20. The molecule has 128 valence electrons. The molecule has 1 N–H and O–H groups in total. The van der Waals surface area contributed by atoms with Crippen LogP contribution in [0.15, 0.2) is 71.2 Å². The molecule has 3 rings (SSSR count). The fraction of sp³-hybridized carbons (Fsp3) is 0.100. The Bertz CT molecular complexity index is 835. The third-order valence-electron chi connectivity index (χ3n) is 3.59. The van der Waals surface area contributed by atoms with Crippen molar-refractivity contribution in [2.45, 2.75) is 13.2 Å². The van der Waals surface area contributed by atoms with Crippen LogP contribution in [0.5, 0.6) is 5.75 Å². The highest BCUT2D eigenvalue weighted by atomic mass is 79.9. The van der Waals surface area contributed by atoms with E-state index in [1.807, 2.05) is 60.7 Å². The number of ether oxygens (including phenoxy) is 1. The van der Waals surface area contributed by atoms with Gasteiger partial charge in [-0.3, -0.25) is 0 Å². The van der Waals surface area contributed by atoms with E-state index in [4.69, 9.17) is 27.9 Å². The molecular weight excluding hydrogens is 421 g/mol. The van der Waals surface area contributed by atoms with Crippen LogP contribution in [0.2, 0.25) is 10.0 Å². The Kier molecular flexibility index (Phi) is 6.24. The average Bonchev–Trinajstić information content (AvgIpc) is 2.59. The number of hydrogen-bond acceptors (Lipinski definition) is 2. The number of benzene rings is 3. The van der Waals surface area contributed by atoms with Gasteiger partial charge in [0, 0.05) is 22.3 Å². The van der Waals surface area contributed by atoms with E-state index in [-0.39, 0.29) is 0 Å². The molecule has 0 saturated carbocycles. The van der Waals surface area contributed by atoms with Crippen molar-refractivity contribution in [3.8, 4) is 5.75 Å². The first-order valence-electron chi connectivity index (χ1n) is 7.75. The van der Waals surface area contributed by atoms with Crippen molar-refractivity contribution in [2.24, 2.45) is 0 Å². The van der Waals surface area contributed by atoms with Crippen LogP contribution < -0.4 is 10.1 Å². The third kappa shape index (κ3) is 5.40. The molecule has 0 amide bonds. The minimum Gasteiger partial charge on any atom is -0.488 e. The van der Waals surface area contributed by atoms with Gasteiger partial charge in [0.05, 0.1) is 4.47 Å². The molecule has 0 saturated heterocycles. The first kappa shape index (κ1) is 18.1. The van der Waals surface area contributed by atoms with E-state index in [1.165, 1.54) is 0 Å². The fourth-order valence-corrected chi connectivity index (χ4v) is 3.43. The van der Waals surface area contributed by atoms with Crippen molar-refractivity contribution in [3.63, 3.8) is 0 Å². The van der Waals surface area contributed by atoms with Gasteiger partial charge in [0.25, 0.3) is 0 Å². The molecular formula is C20H16BrCl2NO. The van der Waals surface area contributed by atoms with Crippen molar-refractivity contribution < 1.29 is 4.74 Å². The molecule has 0 radical (unpaired) electrons. The van der Waals surface area contributed by atoms with E-state index >= 15 is 0 Å². The Morgan fingerprint density at radius 3 is 2.24 bits per heavy atom. The zero-order valence-electron chi connectivity index (χ0n) is 13.3. The molecule has 2 nitrogen and oxygen atoms in total. The van der Waals surface area contributed by atoms with Gasteiger partial charge in [-0.15, -0.1) is 0 Å². The molecule has 0 fully saturated rings. The maximum absolute atomic E-state index is 6.01. The van der Waals surface area contributed by atoms with Gasteiger partial charge >= 0.3 is 0 Å². The van der Waals surface area contributed by atoms with E-state index in [9.17, 15) is 0 Å². The van der Waals surface area contributed by atoms with Gasteiger partial charge in [-0.2, -0.15) is 0 Å². The number of rotatable bonds is 6. The van der Waals surface area contributed by atoms with Gasteiger partial charge in [0.2, 0.25) is 0 Å². The molecule has 0 aliphatic carbocycles. The van der Waals surface area contributed by atoms with Crippen LogP contribution in [0.3, 0.4) is 0 Å². The molecule has 0 aliphatic heterocycles. The van der Waals surface area contributed by atoms with Crippen LogP contribution in [0.25, 0.3) is 0 Å². The summed E-state index contributed by atoms with van der Waals surface area (Å²) >= 11 is 15.6. The molecule has 0 aliphatic rings. The van der Waals surface area contributed by atoms with Crippen LogP contribution in [0.4, 0.5) is 5.69 Å². The van der Waals surface area contributed by atoms with Crippen LogP contribution in [-0.4, -0.2) is 0 Å². The molecule has 3 aromatic rings. The standard InChI is InChI=1S/C20H16BrCl2NO/c21-19-8-15(12-24-18-10-16(22)9-17(23)11-18)6-7-20(19)25-13-14-4-2-1-3-5-14/h1-11,24H,12-13H2. The first-order valence-corrected chi connectivity index (χ1v) is 9.30. The molecule has 25 heavy (non-hydrogen) atoms. The minimum absolute atomic E-state index is 0.540. The zero-order chi connectivity index (χ0) is 17.6. The van der Waals surface area contributed by atoms with E-state index in [1.54, 1.807) is 6.07 Å². The summed E-state index contributed by atoms with van der Waals surface area (Å²) in [6, 6.07) is 21.5. The highest BCUT2D eigenvalue weighted by molar-refractivity contribution is 9.10. The molecule has 0 unspecified atom stereocenters. The molecule has 0 spiro atoms. The highest BCUT2D eigenvalue weighted by Crippen LogP contribution is 2.28. The lowest BCUT2D eigenvalue weighted by Crippen LogP contribution is -2.00. The van der Waals surface area contributed by atoms with Gasteiger partial charge in [0.1, 0.15) is 12.4 Å². The van der Waals surface area contributed by atoms with Gasteiger partial charge in [-0.1, -0.05) is 59.6 Å². The minimum atomic E-state index is 0.540. The summed E-state index contributed by atoms with van der Waals surface area (Å²) < 4.78 is 6.79. The summed E-state index contributed by atoms with van der Waals surface area (Å²) in [5.74, 6) is 0.818. The first-order chi connectivity index (χ1) is 12.1. The zero-order valence-corrected chi connectivity index (χ0v) is 16.4. The Labute approximate surface area is 165 Å². The molecule has 0 atom stereocenters. The van der Waals surface area contributed by atoms with Crippen molar-refractivity contribution in [1.82, 2.24) is 0 Å². The van der Waals surface area contributed by atoms with Crippen molar-refractivity contribution in [3.05, 3.63) is 92.4 Å². The number of nitrogens with one attached hydrogen (secondary N) is 1. The van der Waals surface area contributed by atoms with E-state index in [0.717, 1.165) is 27.0 Å². The van der Waals surface area contributed by atoms with Crippen LogP contribution in [0.1, 0.15) is 11.1 Å². The van der Waals surface area contributed by atoms with Crippen LogP contribution in [-0.2, 0) is 13.2 Å². The fourth-order valence-electron chi connectivity index (χ4n) is 2.37. The summed E-state index contributed by atoms with van der Waals surface area (Å²) in [5.41, 5.74) is 3.14. The average molecular weight is 437 g/mol. The predicted molar refractivity (Wildman–Crippen MR) is 109 cm³/mol. The third-order valence-corrected chi connectivity index (χ3v) is 4.65. The largest absolute Gasteiger partial charge is 0.488 e. The van der Waals surface area contributed by atoms with Crippen molar-refractivity contribution in [2.75, 3.05) is 5.32 Å². The lowest BCUT2D eigenvalue weighted by Gasteiger charge is -2.11. The maximum Gasteiger partial charge on any atom is 0.134 e. The highest BCUT2D eigenvalue weighted by Gasteiger charge is 2.04. The second-order valence-corrected chi connectivity index (χ2v) is 7.28. The van der Waals surface area contributed by atoms with Crippen molar-refractivity contribution in [1.29, 1.82) is 0 Å². The Morgan fingerprint density at radius 2 is 1.56 bits per heavy atom. The smallest absolute Gasteiger partial charge is 0.134 e. The maximum atomic E-state index is 6.01. The lowest BCUT2D eigenvalue weighted by atomic mass is 10.2. The van der Waals surface area contributed by atoms with E-state index < -0.39 is 0 Å². The predicted octanol–water partition coefficient (Wildman–Crippen LogP) is 6.95. The van der Waals surface area contributed by atoms with Crippen molar-refractivity contribution >= 4 is 44.8 Å².